The summed E-state index contributed by atoms with van der Waals surface area (Å²) in [5.74, 6) is 0. The fraction of sp³-hybridized carbons (Fsp3) is 0.125. The minimum absolute atomic E-state index is 0. The third-order valence-corrected chi connectivity index (χ3v) is 6.71. The number of rotatable bonds is 3. The summed E-state index contributed by atoms with van der Waals surface area (Å²) in [5, 5.41) is 0. The first-order chi connectivity index (χ1) is 8.43. The van der Waals surface area contributed by atoms with Crippen LogP contribution in [-0.2, 0) is 23.2 Å². The van der Waals surface area contributed by atoms with Crippen molar-refractivity contribution < 1.29 is 23.2 Å². The second kappa shape index (κ2) is 8.05. The normalized spacial score (nSPS) is 15.9. The summed E-state index contributed by atoms with van der Waals surface area (Å²) in [6, 6.07) is 10.8. The van der Waals surface area contributed by atoms with E-state index in [2.05, 4.69) is 60.7 Å². The maximum absolute atomic E-state index is 2.33. The van der Waals surface area contributed by atoms with Crippen molar-refractivity contribution in [3.05, 3.63) is 72.8 Å². The van der Waals surface area contributed by atoms with Gasteiger partial charge in [0.25, 0.3) is 0 Å². The maximum Gasteiger partial charge on any atom is -0.147 e. The Morgan fingerprint density at radius 2 is 1.68 bits per heavy atom. The van der Waals surface area contributed by atoms with Gasteiger partial charge in [0.05, 0.1) is 0 Å². The van der Waals surface area contributed by atoms with Gasteiger partial charge in [0, 0.05) is 0 Å². The van der Waals surface area contributed by atoms with Gasteiger partial charge in [0.15, 0.2) is 0 Å². The van der Waals surface area contributed by atoms with Gasteiger partial charge < -0.3 is 0 Å². The van der Waals surface area contributed by atoms with Gasteiger partial charge in [-0.05, 0) is 0 Å². The molecule has 0 fully saturated rings. The first-order valence-electron chi connectivity index (χ1n) is 6.01. The van der Waals surface area contributed by atoms with Gasteiger partial charge in [-0.25, -0.2) is 0 Å². The third-order valence-electron chi connectivity index (χ3n) is 3.10. The third kappa shape index (κ3) is 4.05. The molecule has 3 rings (SSSR count). The van der Waals surface area contributed by atoms with Gasteiger partial charge >= 0.3 is 114 Å². The molecule has 0 radical (unpaired) electrons. The van der Waals surface area contributed by atoms with Crippen LogP contribution in [0.4, 0.5) is 0 Å². The molecule has 0 amide bonds. The molecule has 0 bridgehead atoms. The molecule has 98 valence electrons. The molecule has 2 aliphatic carbocycles. The van der Waals surface area contributed by atoms with Crippen molar-refractivity contribution >= 4 is 30.4 Å². The fourth-order valence-corrected chi connectivity index (χ4v) is 5.61. The van der Waals surface area contributed by atoms with Crippen LogP contribution >= 0.6 is 24.8 Å². The largest absolute Gasteiger partial charge is 0.147 e. The Morgan fingerprint density at radius 3 is 2.37 bits per heavy atom. The van der Waals surface area contributed by atoms with E-state index in [-0.39, 0.29) is 24.8 Å². The molecule has 3 heteroatoms. The summed E-state index contributed by atoms with van der Waals surface area (Å²) in [6.45, 7) is 0. The molecule has 0 saturated heterocycles. The number of benzene rings is 1. The molecule has 0 atom stereocenters. The van der Waals surface area contributed by atoms with Crippen molar-refractivity contribution in [1.82, 2.24) is 0 Å². The summed E-state index contributed by atoms with van der Waals surface area (Å²) >= 11 is -0.512. The topological polar surface area (TPSA) is 0 Å². The van der Waals surface area contributed by atoms with E-state index in [4.69, 9.17) is 0 Å². The zero-order valence-electron chi connectivity index (χ0n) is 10.5. The summed E-state index contributed by atoms with van der Waals surface area (Å²) in [4.78, 5) is 0. The Balaban J connectivity index is 0.000000902. The molecule has 0 unspecified atom stereocenters. The van der Waals surface area contributed by atoms with Gasteiger partial charge in [0.1, 0.15) is 0 Å². The van der Waals surface area contributed by atoms with Crippen LogP contribution in [0.3, 0.4) is 0 Å². The van der Waals surface area contributed by atoms with E-state index in [1.807, 2.05) is 0 Å². The van der Waals surface area contributed by atoms with Crippen LogP contribution in [0.25, 0.3) is 5.57 Å². The maximum atomic E-state index is 2.33. The molecule has 1 aromatic rings. The van der Waals surface area contributed by atoms with Crippen molar-refractivity contribution in [2.45, 2.75) is 12.8 Å². The van der Waals surface area contributed by atoms with Gasteiger partial charge in [0.2, 0.25) is 0 Å². The van der Waals surface area contributed by atoms with Crippen molar-refractivity contribution in [3.8, 4) is 0 Å². The average molecular weight is 370 g/mol. The molecule has 19 heavy (non-hydrogen) atoms. The summed E-state index contributed by atoms with van der Waals surface area (Å²) < 4.78 is 3.44. The number of halogens is 2. The van der Waals surface area contributed by atoms with Crippen molar-refractivity contribution in [1.29, 1.82) is 0 Å². The minimum Gasteiger partial charge on any atom is -0.147 e. The van der Waals surface area contributed by atoms with Crippen LogP contribution in [-0.4, -0.2) is 0 Å². The van der Waals surface area contributed by atoms with Crippen LogP contribution in [0.15, 0.2) is 67.3 Å². The molecular weight excluding hydrogens is 354 g/mol. The molecule has 0 spiro atoms. The first kappa shape index (κ1) is 16.7. The molecule has 2 aliphatic rings. The summed E-state index contributed by atoms with van der Waals surface area (Å²) in [7, 11) is 0. The zero-order valence-corrected chi connectivity index (χ0v) is 14.6. The van der Waals surface area contributed by atoms with E-state index in [1.54, 1.807) is 6.56 Å². The smallest absolute Gasteiger partial charge is 0.147 e. The Hall–Kier alpha value is -0.357. The van der Waals surface area contributed by atoms with Gasteiger partial charge in [-0.3, -0.25) is 0 Å². The molecule has 0 aliphatic heterocycles. The molecular formula is C16H16Cl2Zr. The van der Waals surface area contributed by atoms with Crippen molar-refractivity contribution in [3.63, 3.8) is 0 Å². The van der Waals surface area contributed by atoms with Crippen LogP contribution < -0.4 is 0 Å². The van der Waals surface area contributed by atoms with E-state index < -0.39 is 23.2 Å². The fourth-order valence-electron chi connectivity index (χ4n) is 2.25. The molecule has 0 heterocycles. The molecule has 0 saturated carbocycles. The van der Waals surface area contributed by atoms with Crippen LogP contribution in [0, 0.1) is 0 Å². The van der Waals surface area contributed by atoms with E-state index in [0.29, 0.717) is 0 Å². The van der Waals surface area contributed by atoms with E-state index in [9.17, 15) is 0 Å². The molecule has 1 aromatic carbocycles. The number of hydrogen-bond acceptors (Lipinski definition) is 0. The predicted octanol–water partition coefficient (Wildman–Crippen LogP) is 5.13. The Morgan fingerprint density at radius 1 is 0.895 bits per heavy atom. The zero-order chi connectivity index (χ0) is 11.5. The van der Waals surface area contributed by atoms with E-state index in [1.165, 1.54) is 24.0 Å². The van der Waals surface area contributed by atoms with Crippen molar-refractivity contribution in [2.75, 3.05) is 0 Å². The average Bonchev–Trinajstić information content (AvgIpc) is 3.02. The Bertz CT molecular complexity index is 539. The summed E-state index contributed by atoms with van der Waals surface area (Å²) in [5.41, 5.74) is 2.90. The molecule has 0 aromatic heterocycles. The second-order valence-electron chi connectivity index (χ2n) is 4.31. The first-order valence-corrected chi connectivity index (χ1v) is 8.47. The minimum atomic E-state index is -0.512. The van der Waals surface area contributed by atoms with Crippen LogP contribution in [0.1, 0.15) is 18.4 Å². The van der Waals surface area contributed by atoms with Crippen LogP contribution in [0.2, 0.25) is 0 Å². The Kier molecular flexibility index (Phi) is 7.07. The van der Waals surface area contributed by atoms with E-state index >= 15 is 0 Å². The van der Waals surface area contributed by atoms with Gasteiger partial charge in [-0.15, -0.1) is 24.8 Å². The molecule has 0 N–H and O–H groups in total. The predicted molar refractivity (Wildman–Crippen MR) is 83.5 cm³/mol. The monoisotopic (exact) mass is 368 g/mol. The van der Waals surface area contributed by atoms with Gasteiger partial charge in [-0.1, -0.05) is 0 Å². The van der Waals surface area contributed by atoms with E-state index in [0.717, 1.165) is 0 Å². The molecule has 0 nitrogen and oxygen atoms in total. The van der Waals surface area contributed by atoms with Crippen LogP contribution in [0.5, 0.6) is 0 Å². The Labute approximate surface area is 138 Å². The van der Waals surface area contributed by atoms with Crippen molar-refractivity contribution in [2.24, 2.45) is 0 Å². The summed E-state index contributed by atoms with van der Waals surface area (Å²) in [6.07, 6.45) is 13.9. The number of allylic oxidation sites excluding steroid dienone is 8. The van der Waals surface area contributed by atoms with Gasteiger partial charge in [-0.2, -0.15) is 0 Å². The second-order valence-corrected chi connectivity index (χ2v) is 7.99. The standard InChI is InChI=1S/C11H9.C5H5.2ClH.Zr/c1-2-6-10(7-3-1)11-8-4-5-9-11;1-2-4-5-3-1;;;/h1-4,6-8H,5H2;1-3H,4H2;2*1H;. The quantitative estimate of drug-likeness (QED) is 0.692. The SMILES string of the molecule is C1=CC[C]([Zr][C]2=C(c3ccccc3)C=CC2)=C1.Cl.Cl. The number of hydrogen-bond donors (Lipinski definition) is 0.